The maximum atomic E-state index is 9.54. The summed E-state index contributed by atoms with van der Waals surface area (Å²) in [7, 11) is 3.02. The van der Waals surface area contributed by atoms with Crippen LogP contribution < -0.4 is 15.4 Å². The number of rotatable bonds is 9. The first-order valence-electron chi connectivity index (χ1n) is 6.14. The van der Waals surface area contributed by atoms with Gasteiger partial charge in [-0.1, -0.05) is 6.92 Å². The molecule has 0 amide bonds. The first kappa shape index (κ1) is 15.4. The fraction of sp³-hybridized carbons (Fsp3) is 0.727. The third-order valence-electron chi connectivity index (χ3n) is 2.19. The smallest absolute Gasteiger partial charge is 0.322 e. The van der Waals surface area contributed by atoms with Crippen molar-refractivity contribution >= 4 is 11.9 Å². The topological polar surface area (TPSA) is 101 Å². The molecule has 8 heteroatoms. The van der Waals surface area contributed by atoms with Crippen LogP contribution in [0.15, 0.2) is 0 Å². The Balaban J connectivity index is 2.65. The first-order valence-corrected chi connectivity index (χ1v) is 6.14. The average Bonchev–Trinajstić information content (AvgIpc) is 2.43. The summed E-state index contributed by atoms with van der Waals surface area (Å²) in [6.45, 7) is 3.34. The molecule has 0 radical (unpaired) electrons. The number of hydrogen-bond acceptors (Lipinski definition) is 8. The van der Waals surface area contributed by atoms with E-state index in [1.54, 1.807) is 0 Å². The van der Waals surface area contributed by atoms with Crippen molar-refractivity contribution in [1.29, 1.82) is 0 Å². The molecular formula is C11H21N5O3. The van der Waals surface area contributed by atoms with Gasteiger partial charge in [0.2, 0.25) is 11.9 Å². The molecule has 8 nitrogen and oxygen atoms in total. The normalized spacial score (nSPS) is 12.0. The lowest BCUT2D eigenvalue weighted by Gasteiger charge is -2.12. The monoisotopic (exact) mass is 271 g/mol. The molecule has 0 aliphatic carbocycles. The summed E-state index contributed by atoms with van der Waals surface area (Å²) >= 11 is 0. The van der Waals surface area contributed by atoms with Gasteiger partial charge in [0, 0.05) is 20.2 Å². The van der Waals surface area contributed by atoms with Crippen molar-refractivity contribution in [2.45, 2.75) is 19.4 Å². The molecule has 0 spiro atoms. The minimum atomic E-state index is -0.625. The number of ether oxygens (including phenoxy) is 2. The van der Waals surface area contributed by atoms with Crippen molar-refractivity contribution in [2.75, 3.05) is 44.5 Å². The number of aliphatic hydroxyl groups excluding tert-OH is 1. The van der Waals surface area contributed by atoms with E-state index in [0.29, 0.717) is 11.9 Å². The van der Waals surface area contributed by atoms with Crippen LogP contribution in [0, 0.1) is 0 Å². The summed E-state index contributed by atoms with van der Waals surface area (Å²) < 4.78 is 9.83. The summed E-state index contributed by atoms with van der Waals surface area (Å²) in [5.41, 5.74) is 0. The van der Waals surface area contributed by atoms with Crippen LogP contribution in [0.3, 0.4) is 0 Å². The molecular weight excluding hydrogens is 250 g/mol. The minimum Gasteiger partial charge on any atom is -0.467 e. The van der Waals surface area contributed by atoms with E-state index in [1.807, 2.05) is 6.92 Å². The van der Waals surface area contributed by atoms with E-state index >= 15 is 0 Å². The Bertz CT molecular complexity index is 377. The van der Waals surface area contributed by atoms with Gasteiger partial charge in [0.1, 0.15) is 0 Å². The number of methoxy groups -OCH3 is 2. The number of nitrogens with one attached hydrogen (secondary N) is 2. The van der Waals surface area contributed by atoms with Gasteiger partial charge in [0.15, 0.2) is 0 Å². The fourth-order valence-corrected chi connectivity index (χ4v) is 1.30. The molecule has 0 aromatic carbocycles. The Labute approximate surface area is 112 Å². The Morgan fingerprint density at radius 2 is 1.84 bits per heavy atom. The molecule has 1 heterocycles. The Hall–Kier alpha value is -1.67. The van der Waals surface area contributed by atoms with Crippen LogP contribution >= 0.6 is 0 Å². The molecule has 1 unspecified atom stereocenters. The van der Waals surface area contributed by atoms with Crippen LogP contribution in [-0.2, 0) is 4.74 Å². The predicted molar refractivity (Wildman–Crippen MR) is 71.5 cm³/mol. The molecule has 0 saturated heterocycles. The lowest BCUT2D eigenvalue weighted by molar-refractivity contribution is 0.0726. The van der Waals surface area contributed by atoms with Gasteiger partial charge in [0.25, 0.3) is 0 Å². The lowest BCUT2D eigenvalue weighted by Crippen LogP contribution is -2.25. The SMILES string of the molecule is CCCNc1nc(NCC(O)COC)nc(OC)n1. The van der Waals surface area contributed by atoms with Crippen molar-refractivity contribution in [1.82, 2.24) is 15.0 Å². The van der Waals surface area contributed by atoms with Crippen molar-refractivity contribution in [3.8, 4) is 6.01 Å². The molecule has 0 fully saturated rings. The Morgan fingerprint density at radius 3 is 2.42 bits per heavy atom. The van der Waals surface area contributed by atoms with Gasteiger partial charge in [0.05, 0.1) is 19.8 Å². The van der Waals surface area contributed by atoms with Crippen LogP contribution in [0.1, 0.15) is 13.3 Å². The van der Waals surface area contributed by atoms with Crippen molar-refractivity contribution < 1.29 is 14.6 Å². The molecule has 0 saturated carbocycles. The highest BCUT2D eigenvalue weighted by Gasteiger charge is 2.08. The molecule has 1 atom stereocenters. The number of aromatic nitrogens is 3. The number of aliphatic hydroxyl groups is 1. The van der Waals surface area contributed by atoms with E-state index in [1.165, 1.54) is 14.2 Å². The predicted octanol–water partition coefficient (Wildman–Crippen LogP) is 0.121. The summed E-state index contributed by atoms with van der Waals surface area (Å²) in [6.07, 6.45) is 0.336. The maximum absolute atomic E-state index is 9.54. The summed E-state index contributed by atoms with van der Waals surface area (Å²) in [6, 6.07) is 0.220. The van der Waals surface area contributed by atoms with E-state index in [4.69, 9.17) is 9.47 Å². The van der Waals surface area contributed by atoms with Gasteiger partial charge in [-0.3, -0.25) is 0 Å². The highest BCUT2D eigenvalue weighted by molar-refractivity contribution is 5.35. The van der Waals surface area contributed by atoms with Crippen LogP contribution in [0.2, 0.25) is 0 Å². The molecule has 0 aliphatic heterocycles. The van der Waals surface area contributed by atoms with E-state index in [0.717, 1.165) is 13.0 Å². The standard InChI is InChI=1S/C11H21N5O3/c1-4-5-12-9-14-10(16-11(15-9)19-3)13-6-8(17)7-18-2/h8,17H,4-7H2,1-3H3,(H2,12,13,14,15,16). The second-order valence-electron chi connectivity index (χ2n) is 3.89. The van der Waals surface area contributed by atoms with Gasteiger partial charge in [-0.25, -0.2) is 0 Å². The van der Waals surface area contributed by atoms with E-state index < -0.39 is 6.10 Å². The molecule has 1 aromatic rings. The largest absolute Gasteiger partial charge is 0.467 e. The van der Waals surface area contributed by atoms with E-state index in [2.05, 4.69) is 25.6 Å². The quantitative estimate of drug-likeness (QED) is 0.582. The number of hydrogen-bond donors (Lipinski definition) is 3. The maximum Gasteiger partial charge on any atom is 0.322 e. The summed E-state index contributed by atoms with van der Waals surface area (Å²) in [4.78, 5) is 12.3. The first-order chi connectivity index (χ1) is 9.19. The molecule has 1 rings (SSSR count). The van der Waals surface area contributed by atoms with E-state index in [-0.39, 0.29) is 19.2 Å². The van der Waals surface area contributed by atoms with E-state index in [9.17, 15) is 5.11 Å². The van der Waals surface area contributed by atoms with Crippen molar-refractivity contribution in [3.63, 3.8) is 0 Å². The minimum absolute atomic E-state index is 0.220. The molecule has 0 bridgehead atoms. The van der Waals surface area contributed by atoms with Gasteiger partial charge in [-0.05, 0) is 6.42 Å². The zero-order valence-electron chi connectivity index (χ0n) is 11.5. The molecule has 108 valence electrons. The van der Waals surface area contributed by atoms with Crippen molar-refractivity contribution in [2.24, 2.45) is 0 Å². The Morgan fingerprint density at radius 1 is 1.16 bits per heavy atom. The zero-order chi connectivity index (χ0) is 14.1. The third-order valence-corrected chi connectivity index (χ3v) is 2.19. The zero-order valence-corrected chi connectivity index (χ0v) is 11.5. The number of anilines is 2. The molecule has 1 aromatic heterocycles. The van der Waals surface area contributed by atoms with Crippen LogP contribution in [0.4, 0.5) is 11.9 Å². The van der Waals surface area contributed by atoms with Crippen LogP contribution in [0.5, 0.6) is 6.01 Å². The highest BCUT2D eigenvalue weighted by Crippen LogP contribution is 2.10. The second-order valence-corrected chi connectivity index (χ2v) is 3.89. The van der Waals surface area contributed by atoms with Gasteiger partial charge in [-0.15, -0.1) is 0 Å². The second kappa shape index (κ2) is 8.44. The summed E-state index contributed by atoms with van der Waals surface area (Å²) in [5, 5.41) is 15.5. The average molecular weight is 271 g/mol. The van der Waals surface area contributed by atoms with Crippen molar-refractivity contribution in [3.05, 3.63) is 0 Å². The van der Waals surface area contributed by atoms with Crippen LogP contribution in [0.25, 0.3) is 0 Å². The van der Waals surface area contributed by atoms with Gasteiger partial charge in [-0.2, -0.15) is 15.0 Å². The Kier molecular flexibility index (Phi) is 6.83. The molecule has 19 heavy (non-hydrogen) atoms. The van der Waals surface area contributed by atoms with Crippen LogP contribution in [-0.4, -0.2) is 60.1 Å². The van der Waals surface area contributed by atoms with Gasteiger partial charge < -0.3 is 25.2 Å². The lowest BCUT2D eigenvalue weighted by atomic mass is 10.4. The highest BCUT2D eigenvalue weighted by atomic mass is 16.5. The molecule has 3 N–H and O–H groups in total. The number of nitrogens with zero attached hydrogens (tertiary/aromatic N) is 3. The third kappa shape index (κ3) is 5.66. The molecule has 0 aliphatic rings. The summed E-state index contributed by atoms with van der Waals surface area (Å²) in [5.74, 6) is 0.790. The fourth-order valence-electron chi connectivity index (χ4n) is 1.30. The van der Waals surface area contributed by atoms with Gasteiger partial charge >= 0.3 is 6.01 Å².